The van der Waals surface area contributed by atoms with E-state index in [1.54, 1.807) is 0 Å². The second kappa shape index (κ2) is 5.49. The third-order valence-corrected chi connectivity index (χ3v) is 3.11. The van der Waals surface area contributed by atoms with Crippen LogP contribution in [0.5, 0.6) is 0 Å². The predicted octanol–water partition coefficient (Wildman–Crippen LogP) is 4.23. The Bertz CT molecular complexity index is 651. The Morgan fingerprint density at radius 3 is 1.80 bits per heavy atom. The zero-order chi connectivity index (χ0) is 15.0. The average Bonchev–Trinajstić information content (AvgIpc) is 2.32. The van der Waals surface area contributed by atoms with Gasteiger partial charge in [0.2, 0.25) is 0 Å². The summed E-state index contributed by atoms with van der Waals surface area (Å²) in [5.74, 6) is -6.49. The summed E-state index contributed by atoms with van der Waals surface area (Å²) in [5, 5.41) is 9.82. The fourth-order valence-electron chi connectivity index (χ4n) is 1.72. The van der Waals surface area contributed by atoms with E-state index in [1.165, 1.54) is 0 Å². The van der Waals surface area contributed by atoms with Gasteiger partial charge in [0.05, 0.1) is 5.56 Å². The van der Waals surface area contributed by atoms with E-state index in [0.29, 0.717) is 6.07 Å². The molecule has 20 heavy (non-hydrogen) atoms. The first-order valence-electron chi connectivity index (χ1n) is 5.28. The van der Waals surface area contributed by atoms with Crippen molar-refractivity contribution in [2.75, 3.05) is 0 Å². The molecule has 0 saturated heterocycles. The number of hydrogen-bond acceptors (Lipinski definition) is 1. The Kier molecular flexibility index (Phi) is 4.10. The van der Waals surface area contributed by atoms with Crippen LogP contribution in [0.1, 0.15) is 17.2 Å². The Balaban J connectivity index is 2.57. The Hall–Kier alpha value is -1.47. The molecule has 0 aliphatic carbocycles. The van der Waals surface area contributed by atoms with E-state index in [9.17, 15) is 27.1 Å². The van der Waals surface area contributed by atoms with Crippen LogP contribution in [-0.4, -0.2) is 5.11 Å². The van der Waals surface area contributed by atoms with Crippen LogP contribution >= 0.6 is 15.9 Å². The van der Waals surface area contributed by atoms with Gasteiger partial charge in [-0.15, -0.1) is 0 Å². The lowest BCUT2D eigenvalue weighted by molar-refractivity contribution is 0.203. The van der Waals surface area contributed by atoms with Crippen LogP contribution in [0.4, 0.5) is 22.0 Å². The SMILES string of the molecule is OC(c1cc(F)c(F)cc1F)c1c(F)cc(Br)cc1F. The monoisotopic (exact) mass is 352 g/mol. The van der Waals surface area contributed by atoms with E-state index in [0.717, 1.165) is 12.1 Å². The van der Waals surface area contributed by atoms with E-state index < -0.39 is 46.3 Å². The molecule has 1 atom stereocenters. The molecule has 0 heterocycles. The number of aliphatic hydroxyl groups excluding tert-OH is 1. The third kappa shape index (κ3) is 2.69. The minimum absolute atomic E-state index is 0.0780. The largest absolute Gasteiger partial charge is 0.383 e. The predicted molar refractivity (Wildman–Crippen MR) is 64.4 cm³/mol. The van der Waals surface area contributed by atoms with Crippen molar-refractivity contribution in [2.45, 2.75) is 6.10 Å². The number of rotatable bonds is 2. The summed E-state index contributed by atoms with van der Waals surface area (Å²) in [6.07, 6.45) is -2.10. The fourth-order valence-corrected chi connectivity index (χ4v) is 2.12. The lowest BCUT2D eigenvalue weighted by Gasteiger charge is -2.15. The molecular weight excluding hydrogens is 347 g/mol. The first-order chi connectivity index (χ1) is 9.31. The minimum Gasteiger partial charge on any atom is -0.383 e. The number of aliphatic hydroxyl groups is 1. The lowest BCUT2D eigenvalue weighted by Crippen LogP contribution is -2.09. The van der Waals surface area contributed by atoms with Crippen molar-refractivity contribution in [1.29, 1.82) is 0 Å². The topological polar surface area (TPSA) is 20.2 Å². The van der Waals surface area contributed by atoms with Crippen molar-refractivity contribution in [2.24, 2.45) is 0 Å². The van der Waals surface area contributed by atoms with Crippen molar-refractivity contribution in [1.82, 2.24) is 0 Å². The van der Waals surface area contributed by atoms with Crippen molar-refractivity contribution in [3.8, 4) is 0 Å². The molecule has 0 saturated carbocycles. The van der Waals surface area contributed by atoms with Crippen LogP contribution in [0.15, 0.2) is 28.7 Å². The zero-order valence-corrected chi connectivity index (χ0v) is 11.2. The molecule has 0 radical (unpaired) electrons. The maximum atomic E-state index is 13.6. The van der Waals surface area contributed by atoms with Crippen molar-refractivity contribution in [3.63, 3.8) is 0 Å². The molecular formula is C13H6BrF5O. The normalized spacial score (nSPS) is 12.6. The second-order valence-corrected chi connectivity index (χ2v) is 4.89. The summed E-state index contributed by atoms with van der Waals surface area (Å²) < 4.78 is 66.7. The van der Waals surface area contributed by atoms with Gasteiger partial charge < -0.3 is 5.11 Å². The van der Waals surface area contributed by atoms with E-state index in [-0.39, 0.29) is 10.5 Å². The summed E-state index contributed by atoms with van der Waals surface area (Å²) in [6.45, 7) is 0. The molecule has 0 aliphatic rings. The molecule has 0 spiro atoms. The molecule has 2 aromatic carbocycles. The Morgan fingerprint density at radius 2 is 1.25 bits per heavy atom. The molecule has 0 fully saturated rings. The molecule has 2 aromatic rings. The zero-order valence-electron chi connectivity index (χ0n) is 9.60. The van der Waals surface area contributed by atoms with Gasteiger partial charge in [-0.2, -0.15) is 0 Å². The maximum Gasteiger partial charge on any atom is 0.161 e. The van der Waals surface area contributed by atoms with E-state index in [2.05, 4.69) is 15.9 Å². The van der Waals surface area contributed by atoms with Gasteiger partial charge in [0.15, 0.2) is 11.6 Å². The van der Waals surface area contributed by atoms with Crippen LogP contribution < -0.4 is 0 Å². The van der Waals surface area contributed by atoms with Gasteiger partial charge in [-0.05, 0) is 18.2 Å². The van der Waals surface area contributed by atoms with Crippen LogP contribution in [0.25, 0.3) is 0 Å². The molecule has 0 amide bonds. The van der Waals surface area contributed by atoms with Gasteiger partial charge in [0, 0.05) is 16.1 Å². The number of benzene rings is 2. The molecule has 2 rings (SSSR count). The second-order valence-electron chi connectivity index (χ2n) is 3.97. The molecule has 0 aliphatic heterocycles. The molecule has 0 aromatic heterocycles. The van der Waals surface area contributed by atoms with Crippen LogP contribution in [0.3, 0.4) is 0 Å². The standard InChI is InChI=1S/C13H6BrF5O/c14-5-1-10(18)12(11(19)2-5)13(20)6-3-8(16)9(17)4-7(6)15/h1-4,13,20H. The van der Waals surface area contributed by atoms with Crippen molar-refractivity contribution >= 4 is 15.9 Å². The van der Waals surface area contributed by atoms with Gasteiger partial charge in [-0.3, -0.25) is 0 Å². The quantitative estimate of drug-likeness (QED) is 0.633. The van der Waals surface area contributed by atoms with Crippen molar-refractivity contribution < 1.29 is 27.1 Å². The summed E-state index contributed by atoms with van der Waals surface area (Å²) in [7, 11) is 0. The highest BCUT2D eigenvalue weighted by Crippen LogP contribution is 2.31. The van der Waals surface area contributed by atoms with Gasteiger partial charge in [-0.1, -0.05) is 15.9 Å². The smallest absolute Gasteiger partial charge is 0.161 e. The lowest BCUT2D eigenvalue weighted by atomic mass is 9.99. The molecule has 0 bridgehead atoms. The highest BCUT2D eigenvalue weighted by molar-refractivity contribution is 9.10. The summed E-state index contributed by atoms with van der Waals surface area (Å²) in [6, 6.07) is 2.28. The van der Waals surface area contributed by atoms with Gasteiger partial charge in [0.25, 0.3) is 0 Å². The summed E-state index contributed by atoms with van der Waals surface area (Å²) >= 11 is 2.84. The van der Waals surface area contributed by atoms with Crippen LogP contribution in [0, 0.1) is 29.1 Å². The number of hydrogen-bond donors (Lipinski definition) is 1. The van der Waals surface area contributed by atoms with Crippen LogP contribution in [-0.2, 0) is 0 Å². The average molecular weight is 353 g/mol. The van der Waals surface area contributed by atoms with Crippen molar-refractivity contribution in [3.05, 3.63) is 69.0 Å². The van der Waals surface area contributed by atoms with Gasteiger partial charge in [-0.25, -0.2) is 22.0 Å². The first-order valence-corrected chi connectivity index (χ1v) is 6.07. The maximum absolute atomic E-state index is 13.6. The molecule has 7 heteroatoms. The van der Waals surface area contributed by atoms with Crippen LogP contribution in [0.2, 0.25) is 0 Å². The highest BCUT2D eigenvalue weighted by atomic mass is 79.9. The van der Waals surface area contributed by atoms with E-state index >= 15 is 0 Å². The fraction of sp³-hybridized carbons (Fsp3) is 0.0769. The number of halogens is 6. The van der Waals surface area contributed by atoms with E-state index in [4.69, 9.17) is 0 Å². The third-order valence-electron chi connectivity index (χ3n) is 2.65. The Labute approximate surface area is 118 Å². The summed E-state index contributed by atoms with van der Waals surface area (Å²) in [4.78, 5) is 0. The molecule has 1 unspecified atom stereocenters. The first kappa shape index (κ1) is 14.9. The highest BCUT2D eigenvalue weighted by Gasteiger charge is 2.24. The molecule has 1 N–H and O–H groups in total. The summed E-state index contributed by atoms with van der Waals surface area (Å²) in [5.41, 5.74) is -1.61. The minimum atomic E-state index is -2.10. The molecule has 1 nitrogen and oxygen atoms in total. The van der Waals surface area contributed by atoms with E-state index in [1.807, 2.05) is 0 Å². The molecule has 106 valence electrons. The Morgan fingerprint density at radius 1 is 0.750 bits per heavy atom. The van der Waals surface area contributed by atoms with Gasteiger partial charge in [0.1, 0.15) is 23.6 Å². The van der Waals surface area contributed by atoms with Gasteiger partial charge >= 0.3 is 0 Å².